The molecular formula is C27H34O4. The summed E-state index contributed by atoms with van der Waals surface area (Å²) >= 11 is 0. The molecule has 0 bridgehead atoms. The summed E-state index contributed by atoms with van der Waals surface area (Å²) in [5.41, 5.74) is 4.15. The molecule has 4 nitrogen and oxygen atoms in total. The van der Waals surface area contributed by atoms with Gasteiger partial charge in [-0.1, -0.05) is 79.7 Å². The van der Waals surface area contributed by atoms with Gasteiger partial charge >= 0.3 is 5.97 Å². The molecule has 1 aliphatic carbocycles. The van der Waals surface area contributed by atoms with Crippen LogP contribution in [-0.2, 0) is 19.1 Å². The molecule has 0 aromatic carbocycles. The van der Waals surface area contributed by atoms with Crippen LogP contribution in [0.5, 0.6) is 0 Å². The minimum absolute atomic E-state index is 0.122. The van der Waals surface area contributed by atoms with Crippen LogP contribution >= 0.6 is 0 Å². The topological polar surface area (TPSA) is 60.4 Å². The van der Waals surface area contributed by atoms with Crippen molar-refractivity contribution in [3.63, 3.8) is 0 Å². The molecule has 4 heteroatoms. The Kier molecular flexibility index (Phi) is 10.1. The maximum atomic E-state index is 12.6. The average Bonchev–Trinajstić information content (AvgIpc) is 2.68. The van der Waals surface area contributed by atoms with Crippen LogP contribution in [0.3, 0.4) is 0 Å². The molecule has 1 atom stereocenters. The van der Waals surface area contributed by atoms with Gasteiger partial charge in [0.15, 0.2) is 11.9 Å². The number of hydrogen-bond donors (Lipinski definition) is 0. The molecule has 0 radical (unpaired) electrons. The van der Waals surface area contributed by atoms with E-state index in [0.717, 1.165) is 23.0 Å². The molecule has 0 N–H and O–H groups in total. The van der Waals surface area contributed by atoms with Crippen molar-refractivity contribution in [3.05, 3.63) is 82.5 Å². The first-order valence-electron chi connectivity index (χ1n) is 10.4. The maximum Gasteiger partial charge on any atom is 0.303 e. The van der Waals surface area contributed by atoms with Crippen molar-refractivity contribution in [1.29, 1.82) is 0 Å². The predicted octanol–water partition coefficient (Wildman–Crippen LogP) is 5.94. The molecule has 0 spiro atoms. The number of esters is 1. The molecular weight excluding hydrogens is 388 g/mol. The summed E-state index contributed by atoms with van der Waals surface area (Å²) in [7, 11) is 0. The van der Waals surface area contributed by atoms with Gasteiger partial charge in [-0.2, -0.15) is 0 Å². The number of rotatable bonds is 8. The Hall–Kier alpha value is -3.01. The van der Waals surface area contributed by atoms with Crippen LogP contribution in [0.2, 0.25) is 0 Å². The third-order valence-corrected chi connectivity index (χ3v) is 5.05. The number of Topliss-reactive ketones (excluding diaryl/α,β-unsaturated/α-hetero) is 1. The van der Waals surface area contributed by atoms with E-state index in [1.165, 1.54) is 6.92 Å². The standard InChI is InChI=1S/C27H34O4/c1-19(11-8-9-12-21(3)18-28)13-10-14-20(2)15-16-24-22(4)26(30)25(31-23(5)29)17-27(24,6)7/h8-16,18,25H,17H2,1-7H3/t25-/m0/s1. The van der Waals surface area contributed by atoms with Crippen molar-refractivity contribution in [2.75, 3.05) is 0 Å². The van der Waals surface area contributed by atoms with Crippen LogP contribution in [0.25, 0.3) is 0 Å². The lowest BCUT2D eigenvalue weighted by Gasteiger charge is -2.36. The molecule has 0 unspecified atom stereocenters. The molecule has 1 aliphatic rings. The SMILES string of the molecule is CC(=O)O[C@H]1CC(C)(C)C(C=CC(C)=CC=CC(C)=CC=CC=C(C)C=O)=C(C)C1=O. The molecule has 1 rings (SSSR count). The lowest BCUT2D eigenvalue weighted by molar-refractivity contribution is -0.153. The van der Waals surface area contributed by atoms with E-state index >= 15 is 0 Å². The van der Waals surface area contributed by atoms with Gasteiger partial charge in [0.2, 0.25) is 0 Å². The van der Waals surface area contributed by atoms with Crippen molar-refractivity contribution in [2.24, 2.45) is 5.41 Å². The summed E-state index contributed by atoms with van der Waals surface area (Å²) in [4.78, 5) is 34.4. The normalized spacial score (nSPS) is 20.9. The number of hydrogen-bond acceptors (Lipinski definition) is 4. The van der Waals surface area contributed by atoms with Crippen molar-refractivity contribution in [2.45, 2.75) is 61.0 Å². The molecule has 0 saturated heterocycles. The summed E-state index contributed by atoms with van der Waals surface area (Å²) in [6.45, 7) is 13.0. The zero-order valence-corrected chi connectivity index (χ0v) is 19.7. The van der Waals surface area contributed by atoms with Crippen LogP contribution in [0.1, 0.15) is 54.9 Å². The van der Waals surface area contributed by atoms with Gasteiger partial charge in [0.1, 0.15) is 6.29 Å². The van der Waals surface area contributed by atoms with Crippen LogP contribution in [0, 0.1) is 5.41 Å². The number of ether oxygens (including phenoxy) is 1. The first-order chi connectivity index (χ1) is 14.5. The number of carbonyl (C=O) groups excluding carboxylic acids is 3. The van der Waals surface area contributed by atoms with Crippen LogP contribution in [-0.4, -0.2) is 24.1 Å². The first-order valence-corrected chi connectivity index (χ1v) is 10.4. The minimum atomic E-state index is -0.703. The Bertz CT molecular complexity index is 915. The summed E-state index contributed by atoms with van der Waals surface area (Å²) in [5, 5.41) is 0. The second-order valence-corrected chi connectivity index (χ2v) is 8.52. The zero-order chi connectivity index (χ0) is 23.6. The van der Waals surface area contributed by atoms with E-state index < -0.39 is 12.1 Å². The van der Waals surface area contributed by atoms with E-state index in [2.05, 4.69) is 13.8 Å². The van der Waals surface area contributed by atoms with Gasteiger partial charge in [-0.05, 0) is 49.8 Å². The van der Waals surface area contributed by atoms with Crippen LogP contribution in [0.4, 0.5) is 0 Å². The van der Waals surface area contributed by atoms with Gasteiger partial charge in [0.25, 0.3) is 0 Å². The third kappa shape index (κ3) is 8.71. The molecule has 0 aromatic heterocycles. The quantitative estimate of drug-likeness (QED) is 0.210. The molecule has 0 fully saturated rings. The van der Waals surface area contributed by atoms with E-state index in [-0.39, 0.29) is 11.2 Å². The van der Waals surface area contributed by atoms with E-state index in [1.807, 2.05) is 62.5 Å². The van der Waals surface area contributed by atoms with Crippen LogP contribution < -0.4 is 0 Å². The summed E-state index contributed by atoms with van der Waals surface area (Å²) in [6.07, 6.45) is 18.0. The van der Waals surface area contributed by atoms with Crippen molar-refractivity contribution >= 4 is 18.0 Å². The van der Waals surface area contributed by atoms with E-state index in [9.17, 15) is 14.4 Å². The monoisotopic (exact) mass is 422 g/mol. The highest BCUT2D eigenvalue weighted by Crippen LogP contribution is 2.40. The van der Waals surface area contributed by atoms with Crippen LogP contribution in [0.15, 0.2) is 82.5 Å². The lowest BCUT2D eigenvalue weighted by Crippen LogP contribution is -2.38. The van der Waals surface area contributed by atoms with Gasteiger partial charge in [-0.3, -0.25) is 14.4 Å². The average molecular weight is 423 g/mol. The van der Waals surface area contributed by atoms with E-state index in [1.54, 1.807) is 19.9 Å². The molecule has 0 saturated carbocycles. The fourth-order valence-corrected chi connectivity index (χ4v) is 3.33. The van der Waals surface area contributed by atoms with Crippen molar-refractivity contribution in [1.82, 2.24) is 0 Å². The summed E-state index contributed by atoms with van der Waals surface area (Å²) < 4.78 is 5.22. The van der Waals surface area contributed by atoms with Gasteiger partial charge in [0.05, 0.1) is 0 Å². The van der Waals surface area contributed by atoms with Gasteiger partial charge < -0.3 is 4.74 Å². The largest absolute Gasteiger partial charge is 0.454 e. The molecule has 166 valence electrons. The highest BCUT2D eigenvalue weighted by molar-refractivity contribution is 6.01. The van der Waals surface area contributed by atoms with Gasteiger partial charge in [-0.25, -0.2) is 0 Å². The molecule has 31 heavy (non-hydrogen) atoms. The predicted molar refractivity (Wildman–Crippen MR) is 126 cm³/mol. The smallest absolute Gasteiger partial charge is 0.303 e. The molecule has 0 amide bonds. The molecule has 0 aromatic rings. The van der Waals surface area contributed by atoms with Gasteiger partial charge in [0, 0.05) is 13.3 Å². The molecule has 0 aliphatic heterocycles. The maximum absolute atomic E-state index is 12.6. The second kappa shape index (κ2) is 12.0. The highest BCUT2D eigenvalue weighted by Gasteiger charge is 2.39. The van der Waals surface area contributed by atoms with Crippen molar-refractivity contribution < 1.29 is 19.1 Å². The van der Waals surface area contributed by atoms with Gasteiger partial charge in [-0.15, -0.1) is 0 Å². The second-order valence-electron chi connectivity index (χ2n) is 8.52. The van der Waals surface area contributed by atoms with Crippen molar-refractivity contribution in [3.8, 4) is 0 Å². The number of aldehydes is 1. The fourth-order valence-electron chi connectivity index (χ4n) is 3.33. The lowest BCUT2D eigenvalue weighted by atomic mass is 9.71. The fraction of sp³-hybridized carbons (Fsp3) is 0.370. The highest BCUT2D eigenvalue weighted by atomic mass is 16.5. The Balaban J connectivity index is 2.90. The Labute approximate surface area is 186 Å². The summed E-state index contributed by atoms with van der Waals surface area (Å²) in [5.74, 6) is -0.554. The Morgan fingerprint density at radius 2 is 1.48 bits per heavy atom. The van der Waals surface area contributed by atoms with E-state index in [4.69, 9.17) is 4.74 Å². The Morgan fingerprint density at radius 3 is 2.06 bits per heavy atom. The zero-order valence-electron chi connectivity index (χ0n) is 19.7. The van der Waals surface area contributed by atoms with E-state index in [0.29, 0.717) is 17.6 Å². The number of allylic oxidation sites excluding steroid dienone is 13. The first kappa shape index (κ1) is 26.0. The number of ketones is 1. The Morgan fingerprint density at radius 1 is 0.935 bits per heavy atom. The minimum Gasteiger partial charge on any atom is -0.454 e. The number of carbonyl (C=O) groups is 3. The summed E-state index contributed by atoms with van der Waals surface area (Å²) in [6, 6.07) is 0. The molecule has 0 heterocycles. The third-order valence-electron chi connectivity index (χ3n) is 5.05.